The van der Waals surface area contributed by atoms with E-state index in [1.165, 1.54) is 22.0 Å². The lowest BCUT2D eigenvalue weighted by Gasteiger charge is -2.05. The van der Waals surface area contributed by atoms with Gasteiger partial charge in [0.1, 0.15) is 0 Å². The number of H-pyrrole nitrogens is 1. The Labute approximate surface area is 136 Å². The van der Waals surface area contributed by atoms with Gasteiger partial charge in [0.05, 0.1) is 0 Å². The van der Waals surface area contributed by atoms with Crippen LogP contribution in [-0.2, 0) is 12.8 Å². The molecule has 3 aromatic rings. The zero-order chi connectivity index (χ0) is 16.1. The third kappa shape index (κ3) is 3.54. The molecule has 0 aliphatic heterocycles. The second-order valence-electron chi connectivity index (χ2n) is 5.52. The number of nitrogens with one attached hydrogen (secondary N) is 2. The van der Waals surface area contributed by atoms with Crippen molar-refractivity contribution in [2.45, 2.75) is 19.8 Å². The lowest BCUT2D eigenvalue weighted by molar-refractivity contribution is 0.972. The van der Waals surface area contributed by atoms with Gasteiger partial charge in [0.15, 0.2) is 5.96 Å². The molecule has 3 rings (SSSR count). The van der Waals surface area contributed by atoms with Gasteiger partial charge < -0.3 is 16.0 Å². The van der Waals surface area contributed by atoms with Crippen LogP contribution in [0.3, 0.4) is 0 Å². The summed E-state index contributed by atoms with van der Waals surface area (Å²) in [5.74, 6) is 0.449. The Morgan fingerprint density at radius 2 is 1.91 bits per heavy atom. The van der Waals surface area contributed by atoms with Gasteiger partial charge in [0, 0.05) is 29.3 Å². The van der Waals surface area contributed by atoms with Crippen molar-refractivity contribution < 1.29 is 0 Å². The molecule has 0 fully saturated rings. The summed E-state index contributed by atoms with van der Waals surface area (Å²) in [5.41, 5.74) is 10.8. The molecular weight excluding hydrogens is 284 g/mol. The van der Waals surface area contributed by atoms with Gasteiger partial charge in [0.2, 0.25) is 0 Å². The zero-order valence-corrected chi connectivity index (χ0v) is 13.3. The number of anilines is 1. The fourth-order valence-corrected chi connectivity index (χ4v) is 2.78. The molecule has 0 atom stereocenters. The third-order valence-corrected chi connectivity index (χ3v) is 3.98. The second-order valence-corrected chi connectivity index (χ2v) is 5.52. The molecule has 4 heteroatoms. The topological polar surface area (TPSA) is 66.2 Å². The van der Waals surface area contributed by atoms with E-state index in [-0.39, 0.29) is 0 Å². The molecule has 0 aliphatic carbocycles. The van der Waals surface area contributed by atoms with E-state index in [0.29, 0.717) is 12.5 Å². The molecule has 23 heavy (non-hydrogen) atoms. The molecule has 4 N–H and O–H groups in total. The van der Waals surface area contributed by atoms with E-state index in [0.717, 1.165) is 18.5 Å². The van der Waals surface area contributed by atoms with Crippen LogP contribution < -0.4 is 11.1 Å². The molecule has 0 bridgehead atoms. The average molecular weight is 306 g/mol. The largest absolute Gasteiger partial charge is 0.370 e. The van der Waals surface area contributed by atoms with Crippen LogP contribution >= 0.6 is 0 Å². The van der Waals surface area contributed by atoms with Crippen LogP contribution in [0.15, 0.2) is 59.7 Å². The van der Waals surface area contributed by atoms with Crippen LogP contribution in [0.25, 0.3) is 10.9 Å². The highest BCUT2D eigenvalue weighted by atomic mass is 15.1. The number of nitrogens with zero attached hydrogens (tertiary/aromatic N) is 1. The maximum atomic E-state index is 5.93. The first kappa shape index (κ1) is 15.2. The fraction of sp³-hybridized carbons (Fsp3) is 0.211. The summed E-state index contributed by atoms with van der Waals surface area (Å²) in [7, 11) is 0. The van der Waals surface area contributed by atoms with E-state index in [2.05, 4.69) is 46.6 Å². The summed E-state index contributed by atoms with van der Waals surface area (Å²) < 4.78 is 0. The number of aryl methyl sites for hydroxylation is 1. The summed E-state index contributed by atoms with van der Waals surface area (Å²) in [4.78, 5) is 7.80. The summed E-state index contributed by atoms with van der Waals surface area (Å²) in [6.45, 7) is 2.84. The normalized spacial score (nSPS) is 11.8. The highest BCUT2D eigenvalue weighted by Crippen LogP contribution is 2.22. The van der Waals surface area contributed by atoms with Gasteiger partial charge in [-0.05, 0) is 36.1 Å². The van der Waals surface area contributed by atoms with Crippen LogP contribution in [0.4, 0.5) is 5.69 Å². The van der Waals surface area contributed by atoms with Crippen molar-refractivity contribution in [1.82, 2.24) is 4.98 Å². The summed E-state index contributed by atoms with van der Waals surface area (Å²) in [6, 6.07) is 16.3. The van der Waals surface area contributed by atoms with Crippen molar-refractivity contribution >= 4 is 22.5 Å². The van der Waals surface area contributed by atoms with Gasteiger partial charge in [-0.2, -0.15) is 0 Å². The molecule has 0 aliphatic rings. The first-order valence-corrected chi connectivity index (χ1v) is 7.97. The number of aromatic amines is 1. The number of fused-ring (bicyclic) bond motifs is 1. The number of guanidine groups is 1. The Bertz CT molecular complexity index is 803. The van der Waals surface area contributed by atoms with Gasteiger partial charge in [0.25, 0.3) is 0 Å². The Morgan fingerprint density at radius 3 is 2.70 bits per heavy atom. The van der Waals surface area contributed by atoms with Gasteiger partial charge in [-0.25, -0.2) is 0 Å². The number of benzene rings is 2. The van der Waals surface area contributed by atoms with Gasteiger partial charge in [-0.1, -0.05) is 43.3 Å². The van der Waals surface area contributed by atoms with Crippen molar-refractivity contribution in [3.63, 3.8) is 0 Å². The van der Waals surface area contributed by atoms with E-state index >= 15 is 0 Å². The van der Waals surface area contributed by atoms with Crippen LogP contribution in [-0.4, -0.2) is 17.5 Å². The molecule has 1 aromatic heterocycles. The molecule has 0 spiro atoms. The average Bonchev–Trinajstić information content (AvgIpc) is 2.99. The first-order chi connectivity index (χ1) is 11.3. The number of rotatable bonds is 5. The van der Waals surface area contributed by atoms with Gasteiger partial charge >= 0.3 is 0 Å². The number of hydrogen-bond donors (Lipinski definition) is 3. The summed E-state index contributed by atoms with van der Waals surface area (Å²) in [5, 5.41) is 4.38. The molecule has 2 aromatic carbocycles. The molecular formula is C19H22N4. The van der Waals surface area contributed by atoms with Crippen LogP contribution in [0.2, 0.25) is 0 Å². The lowest BCUT2D eigenvalue weighted by atomic mass is 10.1. The third-order valence-electron chi connectivity index (χ3n) is 3.98. The minimum atomic E-state index is 0.449. The molecule has 0 saturated heterocycles. The number of nitrogens with two attached hydrogens (primary N) is 1. The van der Waals surface area contributed by atoms with Crippen molar-refractivity contribution in [1.29, 1.82) is 0 Å². The van der Waals surface area contributed by atoms with Gasteiger partial charge in [-0.3, -0.25) is 4.99 Å². The minimum Gasteiger partial charge on any atom is -0.370 e. The van der Waals surface area contributed by atoms with E-state index in [4.69, 9.17) is 5.73 Å². The Balaban J connectivity index is 1.65. The second kappa shape index (κ2) is 7.01. The van der Waals surface area contributed by atoms with Crippen molar-refractivity contribution in [3.05, 3.63) is 65.9 Å². The van der Waals surface area contributed by atoms with Crippen LogP contribution in [0, 0.1) is 0 Å². The molecule has 0 unspecified atom stereocenters. The minimum absolute atomic E-state index is 0.449. The quantitative estimate of drug-likeness (QED) is 0.497. The van der Waals surface area contributed by atoms with Gasteiger partial charge in [-0.15, -0.1) is 0 Å². The number of para-hydroxylation sites is 2. The Kier molecular flexibility index (Phi) is 4.62. The number of aliphatic imine (C=N–C) groups is 1. The predicted octanol–water partition coefficient (Wildman–Crippen LogP) is 3.70. The monoisotopic (exact) mass is 306 g/mol. The predicted molar refractivity (Wildman–Crippen MR) is 97.9 cm³/mol. The highest BCUT2D eigenvalue weighted by Gasteiger charge is 2.06. The number of hydrogen-bond acceptors (Lipinski definition) is 1. The van der Waals surface area contributed by atoms with Crippen LogP contribution in [0.5, 0.6) is 0 Å². The molecule has 4 nitrogen and oxygen atoms in total. The summed E-state index contributed by atoms with van der Waals surface area (Å²) >= 11 is 0. The molecule has 0 amide bonds. The molecule has 1 heterocycles. The zero-order valence-electron chi connectivity index (χ0n) is 13.3. The molecule has 0 radical (unpaired) electrons. The standard InChI is InChI=1S/C19H22N4/c1-2-14-7-6-10-17-15(13-22-18(14)17)11-12-21-19(20)23-16-8-4-3-5-9-16/h3-10,13,22H,2,11-12H2,1H3,(H3,20,21,23). The van der Waals surface area contributed by atoms with Crippen LogP contribution in [0.1, 0.15) is 18.1 Å². The van der Waals surface area contributed by atoms with E-state index in [1.54, 1.807) is 0 Å². The molecule has 118 valence electrons. The maximum absolute atomic E-state index is 5.93. The van der Waals surface area contributed by atoms with Crippen molar-refractivity contribution in [3.8, 4) is 0 Å². The Hall–Kier alpha value is -2.75. The van der Waals surface area contributed by atoms with E-state index < -0.39 is 0 Å². The Morgan fingerprint density at radius 1 is 1.09 bits per heavy atom. The smallest absolute Gasteiger partial charge is 0.193 e. The SMILES string of the molecule is CCc1cccc2c(CCN=C(N)Nc3ccccc3)c[nH]c12. The first-order valence-electron chi connectivity index (χ1n) is 7.97. The van der Waals surface area contributed by atoms with Crippen molar-refractivity contribution in [2.75, 3.05) is 11.9 Å². The summed E-state index contributed by atoms with van der Waals surface area (Å²) in [6.07, 6.45) is 3.98. The molecule has 0 saturated carbocycles. The van der Waals surface area contributed by atoms with Crippen molar-refractivity contribution in [2.24, 2.45) is 10.7 Å². The van der Waals surface area contributed by atoms with E-state index in [9.17, 15) is 0 Å². The maximum Gasteiger partial charge on any atom is 0.193 e. The van der Waals surface area contributed by atoms with E-state index in [1.807, 2.05) is 30.3 Å². The lowest BCUT2D eigenvalue weighted by Crippen LogP contribution is -2.22. The fourth-order valence-electron chi connectivity index (χ4n) is 2.78. The highest BCUT2D eigenvalue weighted by molar-refractivity contribution is 5.92. The number of aromatic nitrogens is 1.